The van der Waals surface area contributed by atoms with Crippen molar-refractivity contribution < 1.29 is 14.0 Å². The van der Waals surface area contributed by atoms with Crippen LogP contribution in [0.15, 0.2) is 22.8 Å². The Morgan fingerprint density at radius 1 is 1.26 bits per heavy atom. The number of nitrogens with one attached hydrogen (secondary N) is 2. The van der Waals surface area contributed by atoms with E-state index < -0.39 is 0 Å². The van der Waals surface area contributed by atoms with E-state index in [1.807, 2.05) is 6.07 Å². The normalized spacial score (nSPS) is 13.2. The second-order valence-corrected chi connectivity index (χ2v) is 8.18. The largest absolute Gasteiger partial charge is 0.467 e. The Hall–Kier alpha value is -2.52. The van der Waals surface area contributed by atoms with Gasteiger partial charge in [0.05, 0.1) is 24.1 Å². The number of carbonyl (C=O) groups is 2. The van der Waals surface area contributed by atoms with Crippen LogP contribution >= 0.6 is 22.9 Å². The lowest BCUT2D eigenvalue weighted by Gasteiger charge is -2.13. The number of anilines is 1. The monoisotopic (exact) mass is 402 g/mol. The molecule has 0 atom stereocenters. The summed E-state index contributed by atoms with van der Waals surface area (Å²) in [5.74, 6) is 0.214. The molecule has 7 nitrogen and oxygen atoms in total. The van der Waals surface area contributed by atoms with Gasteiger partial charge in [-0.2, -0.15) is 0 Å². The smallest absolute Gasteiger partial charge is 0.269 e. The topological polar surface area (TPSA) is 97.1 Å². The second kappa shape index (κ2) is 7.61. The Balaban J connectivity index is 1.60. The van der Waals surface area contributed by atoms with E-state index in [2.05, 4.69) is 20.2 Å². The summed E-state index contributed by atoms with van der Waals surface area (Å²) in [5, 5.41) is 10.3. The van der Waals surface area contributed by atoms with Gasteiger partial charge in [-0.3, -0.25) is 9.59 Å². The molecule has 3 aromatic heterocycles. The number of aryl methyl sites for hydroxylation is 2. The Bertz CT molecular complexity index is 975. The van der Waals surface area contributed by atoms with Crippen LogP contribution < -0.4 is 10.6 Å². The van der Waals surface area contributed by atoms with Crippen molar-refractivity contribution in [1.82, 2.24) is 14.9 Å². The predicted octanol–water partition coefficient (Wildman–Crippen LogP) is 3.56. The molecule has 0 aromatic carbocycles. The van der Waals surface area contributed by atoms with Gasteiger partial charge in [0.15, 0.2) is 0 Å². The zero-order valence-electron chi connectivity index (χ0n) is 14.7. The SMILES string of the molecule is Cc1nnsc1C(=O)Nc1sc2c(c1C(=O)NCc1ccco1)CCCC2. The maximum Gasteiger partial charge on any atom is 0.269 e. The Morgan fingerprint density at radius 2 is 2.11 bits per heavy atom. The predicted molar refractivity (Wildman–Crippen MR) is 103 cm³/mol. The molecule has 0 spiro atoms. The average Bonchev–Trinajstić information content (AvgIpc) is 3.39. The standard InChI is InChI=1S/C18H18N4O3S2/c1-10-15(27-22-21-10)17(24)20-18-14(12-6-2-3-7-13(12)26-18)16(23)19-9-11-5-4-8-25-11/h4-5,8H,2-3,6-7,9H2,1H3,(H,19,23)(H,20,24). The molecule has 0 unspecified atom stereocenters. The lowest BCUT2D eigenvalue weighted by Crippen LogP contribution is -2.25. The first-order valence-electron chi connectivity index (χ1n) is 8.69. The highest BCUT2D eigenvalue weighted by atomic mass is 32.1. The number of fused-ring (bicyclic) bond motifs is 1. The number of furan rings is 1. The summed E-state index contributed by atoms with van der Waals surface area (Å²) >= 11 is 2.55. The van der Waals surface area contributed by atoms with Crippen LogP contribution in [0.2, 0.25) is 0 Å². The van der Waals surface area contributed by atoms with Gasteiger partial charge in [0.2, 0.25) is 0 Å². The van der Waals surface area contributed by atoms with Gasteiger partial charge in [-0.05, 0) is 61.8 Å². The molecule has 9 heteroatoms. The van der Waals surface area contributed by atoms with E-state index >= 15 is 0 Å². The highest BCUT2D eigenvalue weighted by molar-refractivity contribution is 7.17. The van der Waals surface area contributed by atoms with E-state index in [4.69, 9.17) is 4.42 Å². The van der Waals surface area contributed by atoms with Crippen molar-refractivity contribution in [3.05, 3.63) is 50.7 Å². The summed E-state index contributed by atoms with van der Waals surface area (Å²) in [6.45, 7) is 2.05. The number of carbonyl (C=O) groups excluding carboxylic acids is 2. The molecule has 4 rings (SSSR count). The van der Waals surface area contributed by atoms with Gasteiger partial charge >= 0.3 is 0 Å². The lowest BCUT2D eigenvalue weighted by molar-refractivity contribution is 0.0948. The zero-order valence-corrected chi connectivity index (χ0v) is 16.3. The highest BCUT2D eigenvalue weighted by Gasteiger charge is 2.27. The number of hydrogen-bond acceptors (Lipinski definition) is 7. The van der Waals surface area contributed by atoms with Gasteiger partial charge in [0.25, 0.3) is 11.8 Å². The molecule has 3 heterocycles. The molecule has 2 amide bonds. The quantitative estimate of drug-likeness (QED) is 0.680. The van der Waals surface area contributed by atoms with E-state index in [1.165, 1.54) is 16.2 Å². The fourth-order valence-corrected chi connectivity index (χ4v) is 5.00. The molecular weight excluding hydrogens is 384 g/mol. The number of aromatic nitrogens is 2. The Labute approximate surface area is 164 Å². The van der Waals surface area contributed by atoms with Crippen LogP contribution in [0.4, 0.5) is 5.00 Å². The van der Waals surface area contributed by atoms with Gasteiger partial charge in [-0.15, -0.1) is 16.4 Å². The molecule has 0 bridgehead atoms. The van der Waals surface area contributed by atoms with Gasteiger partial charge < -0.3 is 15.1 Å². The van der Waals surface area contributed by atoms with E-state index in [1.54, 1.807) is 19.3 Å². The van der Waals surface area contributed by atoms with Crippen molar-refractivity contribution in [2.75, 3.05) is 5.32 Å². The molecule has 0 radical (unpaired) electrons. The summed E-state index contributed by atoms with van der Waals surface area (Å²) in [7, 11) is 0. The number of rotatable bonds is 5. The summed E-state index contributed by atoms with van der Waals surface area (Å²) in [4.78, 5) is 27.2. The summed E-state index contributed by atoms with van der Waals surface area (Å²) in [6.07, 6.45) is 5.52. The van der Waals surface area contributed by atoms with Crippen LogP contribution in [0.1, 0.15) is 54.8 Å². The average molecular weight is 403 g/mol. The van der Waals surface area contributed by atoms with E-state index in [-0.39, 0.29) is 11.8 Å². The third-order valence-electron chi connectivity index (χ3n) is 4.49. The maximum atomic E-state index is 12.9. The van der Waals surface area contributed by atoms with Crippen molar-refractivity contribution in [2.45, 2.75) is 39.2 Å². The van der Waals surface area contributed by atoms with Gasteiger partial charge in [-0.25, -0.2) is 0 Å². The molecule has 3 aromatic rings. The van der Waals surface area contributed by atoms with Crippen LogP contribution in [0.5, 0.6) is 0 Å². The number of hydrogen-bond donors (Lipinski definition) is 2. The van der Waals surface area contributed by atoms with Crippen LogP contribution in [-0.4, -0.2) is 21.4 Å². The summed E-state index contributed by atoms with van der Waals surface area (Å²) < 4.78 is 9.09. The van der Waals surface area contributed by atoms with Gasteiger partial charge in [0.1, 0.15) is 15.6 Å². The second-order valence-electron chi connectivity index (χ2n) is 6.32. The first kappa shape index (κ1) is 17.9. The lowest BCUT2D eigenvalue weighted by atomic mass is 9.95. The summed E-state index contributed by atoms with van der Waals surface area (Å²) in [5.41, 5.74) is 2.21. The molecule has 140 valence electrons. The Kier molecular flexibility index (Phi) is 5.04. The molecule has 0 aliphatic heterocycles. The van der Waals surface area contributed by atoms with Crippen molar-refractivity contribution in [3.8, 4) is 0 Å². The number of thiophene rings is 1. The number of amides is 2. The molecule has 2 N–H and O–H groups in total. The first-order chi connectivity index (χ1) is 13.1. The third kappa shape index (κ3) is 3.65. The van der Waals surface area contributed by atoms with Crippen molar-refractivity contribution in [1.29, 1.82) is 0 Å². The third-order valence-corrected chi connectivity index (χ3v) is 6.52. The van der Waals surface area contributed by atoms with E-state index in [9.17, 15) is 9.59 Å². The van der Waals surface area contributed by atoms with Crippen LogP contribution in [-0.2, 0) is 19.4 Å². The molecular formula is C18H18N4O3S2. The van der Waals surface area contributed by atoms with Gasteiger partial charge in [-0.1, -0.05) is 4.49 Å². The van der Waals surface area contributed by atoms with Crippen LogP contribution in [0, 0.1) is 6.92 Å². The molecule has 0 saturated carbocycles. The van der Waals surface area contributed by atoms with Crippen LogP contribution in [0.25, 0.3) is 0 Å². The minimum absolute atomic E-state index is 0.194. The zero-order chi connectivity index (χ0) is 18.8. The van der Waals surface area contributed by atoms with Crippen molar-refractivity contribution in [3.63, 3.8) is 0 Å². The summed E-state index contributed by atoms with van der Waals surface area (Å²) in [6, 6.07) is 3.59. The highest BCUT2D eigenvalue weighted by Crippen LogP contribution is 2.38. The van der Waals surface area contributed by atoms with Crippen molar-refractivity contribution >= 4 is 39.7 Å². The van der Waals surface area contributed by atoms with E-state index in [0.717, 1.165) is 42.8 Å². The minimum atomic E-state index is -0.277. The fraction of sp³-hybridized carbons (Fsp3) is 0.333. The Morgan fingerprint density at radius 3 is 2.85 bits per heavy atom. The molecule has 0 fully saturated rings. The molecule has 1 aliphatic rings. The maximum absolute atomic E-state index is 12.9. The first-order valence-corrected chi connectivity index (χ1v) is 10.3. The van der Waals surface area contributed by atoms with Gasteiger partial charge in [0, 0.05) is 4.88 Å². The van der Waals surface area contributed by atoms with Crippen molar-refractivity contribution in [2.24, 2.45) is 0 Å². The molecule has 1 aliphatic carbocycles. The molecule has 0 saturated heterocycles. The fourth-order valence-electron chi connectivity index (χ4n) is 3.16. The number of nitrogens with zero attached hydrogens (tertiary/aromatic N) is 2. The van der Waals surface area contributed by atoms with Crippen LogP contribution in [0.3, 0.4) is 0 Å². The van der Waals surface area contributed by atoms with E-state index in [0.29, 0.717) is 33.4 Å². The minimum Gasteiger partial charge on any atom is -0.467 e. The molecule has 27 heavy (non-hydrogen) atoms.